The van der Waals surface area contributed by atoms with Gasteiger partial charge in [-0.15, -0.1) is 0 Å². The van der Waals surface area contributed by atoms with Gasteiger partial charge in [0.25, 0.3) is 0 Å². The fourth-order valence-corrected chi connectivity index (χ4v) is 1.96. The van der Waals surface area contributed by atoms with Crippen molar-refractivity contribution >= 4 is 5.91 Å². The molecule has 0 spiro atoms. The largest absolute Gasteiger partial charge is 0.396 e. The third-order valence-corrected chi connectivity index (χ3v) is 2.95. The highest BCUT2D eigenvalue weighted by Crippen LogP contribution is 2.19. The number of hydrogen-bond acceptors (Lipinski definition) is 3. The fourth-order valence-electron chi connectivity index (χ4n) is 1.96. The van der Waals surface area contributed by atoms with E-state index >= 15 is 0 Å². The van der Waals surface area contributed by atoms with Crippen LogP contribution >= 0.6 is 0 Å². The average molecular weight is 240 g/mol. The molecule has 1 rings (SSSR count). The van der Waals surface area contributed by atoms with Gasteiger partial charge in [0.1, 0.15) is 0 Å². The van der Waals surface area contributed by atoms with Crippen LogP contribution in [0.4, 0.5) is 0 Å². The summed E-state index contributed by atoms with van der Waals surface area (Å²) in [5, 5.41) is 14.5. The van der Waals surface area contributed by atoms with Crippen molar-refractivity contribution in [1.29, 1.82) is 0 Å². The molecule has 4 nitrogen and oxygen atoms in total. The van der Waals surface area contributed by atoms with Crippen molar-refractivity contribution in [2.75, 3.05) is 26.2 Å². The van der Waals surface area contributed by atoms with E-state index in [4.69, 9.17) is 5.11 Å². The average Bonchev–Trinajstić information content (AvgIpc) is 2.36. The van der Waals surface area contributed by atoms with E-state index in [9.17, 15) is 4.79 Å². The van der Waals surface area contributed by atoms with Gasteiger partial charge in [-0.1, -0.05) is 11.6 Å². The summed E-state index contributed by atoms with van der Waals surface area (Å²) in [6, 6.07) is 0. The Balaban J connectivity index is 1.98. The van der Waals surface area contributed by atoms with E-state index in [1.54, 1.807) is 0 Å². The number of allylic oxidation sites excluding steroid dienone is 1. The van der Waals surface area contributed by atoms with Crippen LogP contribution in [0.2, 0.25) is 0 Å². The van der Waals surface area contributed by atoms with Gasteiger partial charge in [0.15, 0.2) is 0 Å². The highest BCUT2D eigenvalue weighted by atomic mass is 16.3. The van der Waals surface area contributed by atoms with Crippen molar-refractivity contribution in [1.82, 2.24) is 10.6 Å². The number of nitrogens with one attached hydrogen (secondary N) is 2. The third-order valence-electron chi connectivity index (χ3n) is 2.95. The molecule has 0 radical (unpaired) electrons. The Morgan fingerprint density at radius 3 is 2.94 bits per heavy atom. The summed E-state index contributed by atoms with van der Waals surface area (Å²) in [4.78, 5) is 11.4. The minimum Gasteiger partial charge on any atom is -0.396 e. The summed E-state index contributed by atoms with van der Waals surface area (Å²) < 4.78 is 0. The molecule has 0 aliphatic heterocycles. The maximum Gasteiger partial charge on any atom is 0.233 e. The van der Waals surface area contributed by atoms with Gasteiger partial charge in [-0.05, 0) is 45.1 Å². The number of carbonyl (C=O) groups is 1. The van der Waals surface area contributed by atoms with Gasteiger partial charge in [-0.25, -0.2) is 0 Å². The van der Waals surface area contributed by atoms with Crippen LogP contribution < -0.4 is 10.6 Å². The molecule has 0 atom stereocenters. The minimum absolute atomic E-state index is 0.0411. The Morgan fingerprint density at radius 2 is 2.24 bits per heavy atom. The van der Waals surface area contributed by atoms with E-state index in [2.05, 4.69) is 16.7 Å². The predicted molar refractivity (Wildman–Crippen MR) is 68.8 cm³/mol. The Labute approximate surface area is 103 Å². The van der Waals surface area contributed by atoms with Gasteiger partial charge in [-0.3, -0.25) is 4.79 Å². The van der Waals surface area contributed by atoms with Gasteiger partial charge in [0, 0.05) is 13.2 Å². The van der Waals surface area contributed by atoms with Crippen LogP contribution in [0.15, 0.2) is 11.6 Å². The van der Waals surface area contributed by atoms with E-state index in [0.717, 1.165) is 13.0 Å². The Kier molecular flexibility index (Phi) is 7.67. The Bertz CT molecular complexity index is 252. The van der Waals surface area contributed by atoms with Crippen molar-refractivity contribution in [2.24, 2.45) is 0 Å². The maximum atomic E-state index is 11.4. The molecule has 1 aliphatic rings. The van der Waals surface area contributed by atoms with Crippen LogP contribution in [-0.2, 0) is 4.79 Å². The van der Waals surface area contributed by atoms with Crippen molar-refractivity contribution in [3.05, 3.63) is 11.6 Å². The first-order valence-corrected chi connectivity index (χ1v) is 6.59. The maximum absolute atomic E-state index is 11.4. The van der Waals surface area contributed by atoms with Crippen LogP contribution in [0.3, 0.4) is 0 Å². The molecule has 0 aromatic heterocycles. The number of carbonyl (C=O) groups excluding carboxylic acids is 1. The number of amides is 1. The smallest absolute Gasteiger partial charge is 0.233 e. The lowest BCUT2D eigenvalue weighted by molar-refractivity contribution is -0.120. The lowest BCUT2D eigenvalue weighted by Crippen LogP contribution is -2.35. The minimum atomic E-state index is 0.0411. The number of aliphatic hydroxyl groups excluding tert-OH is 1. The first kappa shape index (κ1) is 14.2. The van der Waals surface area contributed by atoms with Crippen LogP contribution in [0.1, 0.15) is 38.5 Å². The van der Waals surface area contributed by atoms with Crippen molar-refractivity contribution < 1.29 is 9.90 Å². The fraction of sp³-hybridized carbons (Fsp3) is 0.769. The van der Waals surface area contributed by atoms with Crippen molar-refractivity contribution in [3.63, 3.8) is 0 Å². The quantitative estimate of drug-likeness (QED) is 0.437. The third kappa shape index (κ3) is 7.13. The predicted octanol–water partition coefficient (Wildman–Crippen LogP) is 0.965. The Morgan fingerprint density at radius 1 is 1.35 bits per heavy atom. The molecule has 0 unspecified atom stereocenters. The second-order valence-electron chi connectivity index (χ2n) is 4.46. The second kappa shape index (κ2) is 9.19. The Hall–Kier alpha value is -0.870. The van der Waals surface area contributed by atoms with E-state index < -0.39 is 0 Å². The summed E-state index contributed by atoms with van der Waals surface area (Å²) in [6.45, 7) is 1.95. The summed E-state index contributed by atoms with van der Waals surface area (Å²) in [7, 11) is 0. The van der Waals surface area contributed by atoms with E-state index in [1.165, 1.54) is 31.3 Å². The number of hydrogen-bond donors (Lipinski definition) is 3. The molecule has 17 heavy (non-hydrogen) atoms. The molecule has 1 amide bonds. The first-order valence-electron chi connectivity index (χ1n) is 6.59. The van der Waals surface area contributed by atoms with Crippen LogP contribution in [0, 0.1) is 0 Å². The molecule has 0 bridgehead atoms. The molecular weight excluding hydrogens is 216 g/mol. The van der Waals surface area contributed by atoms with Crippen molar-refractivity contribution in [3.8, 4) is 0 Å². The summed E-state index contributed by atoms with van der Waals surface area (Å²) in [6.07, 6.45) is 9.00. The van der Waals surface area contributed by atoms with Crippen LogP contribution in [0.5, 0.6) is 0 Å². The molecule has 1 aliphatic carbocycles. The van der Waals surface area contributed by atoms with Gasteiger partial charge >= 0.3 is 0 Å². The zero-order valence-corrected chi connectivity index (χ0v) is 10.5. The molecule has 98 valence electrons. The number of aliphatic hydroxyl groups is 1. The second-order valence-corrected chi connectivity index (χ2v) is 4.46. The van der Waals surface area contributed by atoms with Gasteiger partial charge in [0.2, 0.25) is 5.91 Å². The zero-order chi connectivity index (χ0) is 12.3. The zero-order valence-electron chi connectivity index (χ0n) is 10.5. The van der Waals surface area contributed by atoms with Crippen LogP contribution in [0.25, 0.3) is 0 Å². The lowest BCUT2D eigenvalue weighted by atomic mass is 9.97. The monoisotopic (exact) mass is 240 g/mol. The van der Waals surface area contributed by atoms with Crippen molar-refractivity contribution in [2.45, 2.75) is 38.5 Å². The molecule has 3 N–H and O–H groups in total. The SMILES string of the molecule is O=C(CNCCCO)NCCC1=CCCCC1. The summed E-state index contributed by atoms with van der Waals surface area (Å²) >= 11 is 0. The van der Waals surface area contributed by atoms with Gasteiger partial charge < -0.3 is 15.7 Å². The molecule has 0 aromatic carbocycles. The molecule has 0 heterocycles. The van der Waals surface area contributed by atoms with E-state index in [0.29, 0.717) is 19.5 Å². The molecule has 4 heteroatoms. The topological polar surface area (TPSA) is 61.4 Å². The summed E-state index contributed by atoms with van der Waals surface area (Å²) in [5.41, 5.74) is 1.49. The number of rotatable bonds is 8. The normalized spacial score (nSPS) is 15.5. The van der Waals surface area contributed by atoms with E-state index in [1.807, 2.05) is 0 Å². The molecule has 0 saturated carbocycles. The van der Waals surface area contributed by atoms with Gasteiger partial charge in [0.05, 0.1) is 6.54 Å². The molecule has 0 aromatic rings. The lowest BCUT2D eigenvalue weighted by Gasteiger charge is -2.13. The van der Waals surface area contributed by atoms with Gasteiger partial charge in [-0.2, -0.15) is 0 Å². The molecular formula is C13H24N2O2. The molecule has 0 saturated heterocycles. The van der Waals surface area contributed by atoms with E-state index in [-0.39, 0.29) is 12.5 Å². The highest BCUT2D eigenvalue weighted by molar-refractivity contribution is 5.77. The molecule has 0 fully saturated rings. The standard InChI is InChI=1S/C13H24N2O2/c16-10-4-8-14-11-13(17)15-9-7-12-5-2-1-3-6-12/h5,14,16H,1-4,6-11H2,(H,15,17). The summed E-state index contributed by atoms with van der Waals surface area (Å²) in [5.74, 6) is 0.0411. The first-order chi connectivity index (χ1) is 8.33. The highest BCUT2D eigenvalue weighted by Gasteiger charge is 2.04. The van der Waals surface area contributed by atoms with Crippen LogP contribution in [-0.4, -0.2) is 37.3 Å².